The van der Waals surface area contributed by atoms with Crippen molar-refractivity contribution >= 4 is 11.4 Å². The van der Waals surface area contributed by atoms with Crippen LogP contribution in [0.25, 0.3) is 0 Å². The molecule has 1 unspecified atom stereocenters. The van der Waals surface area contributed by atoms with Crippen molar-refractivity contribution in [2.24, 2.45) is 5.73 Å². The Morgan fingerprint density at radius 3 is 2.32 bits per heavy atom. The number of para-hydroxylation sites is 1. The molecule has 2 aromatic rings. The molecule has 0 aliphatic carbocycles. The summed E-state index contributed by atoms with van der Waals surface area (Å²) < 4.78 is 13.0. The van der Waals surface area contributed by atoms with Gasteiger partial charge < -0.3 is 10.6 Å². The Bertz CT molecular complexity index is 535. The Morgan fingerprint density at radius 1 is 1.11 bits per heavy atom. The van der Waals surface area contributed by atoms with Crippen LogP contribution in [0.15, 0.2) is 48.5 Å². The molecule has 19 heavy (non-hydrogen) atoms. The summed E-state index contributed by atoms with van der Waals surface area (Å²) in [5.41, 5.74) is 9.16. The van der Waals surface area contributed by atoms with Crippen LogP contribution in [0.4, 0.5) is 15.8 Å². The van der Waals surface area contributed by atoms with Crippen LogP contribution in [0.3, 0.4) is 0 Å². The minimum atomic E-state index is -0.222. The zero-order valence-electron chi connectivity index (χ0n) is 11.3. The summed E-state index contributed by atoms with van der Waals surface area (Å²) in [5.74, 6) is -0.222. The van der Waals surface area contributed by atoms with Crippen LogP contribution in [0, 0.1) is 5.82 Å². The summed E-state index contributed by atoms with van der Waals surface area (Å²) in [6.07, 6.45) is 0. The van der Waals surface area contributed by atoms with Crippen molar-refractivity contribution in [3.63, 3.8) is 0 Å². The van der Waals surface area contributed by atoms with Crippen molar-refractivity contribution in [2.75, 3.05) is 11.4 Å². The van der Waals surface area contributed by atoms with E-state index >= 15 is 0 Å². The van der Waals surface area contributed by atoms with Crippen molar-refractivity contribution in [1.29, 1.82) is 0 Å². The highest BCUT2D eigenvalue weighted by Gasteiger charge is 2.13. The molecule has 1 atom stereocenters. The van der Waals surface area contributed by atoms with Crippen LogP contribution in [-0.2, 0) is 0 Å². The van der Waals surface area contributed by atoms with Crippen molar-refractivity contribution in [2.45, 2.75) is 19.9 Å². The van der Waals surface area contributed by atoms with E-state index in [-0.39, 0.29) is 11.9 Å². The topological polar surface area (TPSA) is 29.3 Å². The maximum Gasteiger partial charge on any atom is 0.123 e. The van der Waals surface area contributed by atoms with Gasteiger partial charge in [-0.05, 0) is 49.7 Å². The van der Waals surface area contributed by atoms with E-state index in [1.54, 1.807) is 12.1 Å². The minimum Gasteiger partial charge on any atom is -0.341 e. The molecule has 0 bridgehead atoms. The lowest BCUT2D eigenvalue weighted by Crippen LogP contribution is -2.19. The summed E-state index contributed by atoms with van der Waals surface area (Å²) in [7, 11) is 0. The second kappa shape index (κ2) is 5.85. The van der Waals surface area contributed by atoms with Crippen molar-refractivity contribution < 1.29 is 4.39 Å². The van der Waals surface area contributed by atoms with Crippen LogP contribution in [0.2, 0.25) is 0 Å². The zero-order chi connectivity index (χ0) is 13.8. The Hall–Kier alpha value is -1.87. The van der Waals surface area contributed by atoms with Gasteiger partial charge in [-0.3, -0.25) is 0 Å². The zero-order valence-corrected chi connectivity index (χ0v) is 11.3. The molecule has 0 amide bonds. The molecule has 0 spiro atoms. The fraction of sp³-hybridized carbons (Fsp3) is 0.250. The smallest absolute Gasteiger partial charge is 0.123 e. The molecule has 3 heteroatoms. The second-order valence-corrected chi connectivity index (χ2v) is 4.57. The van der Waals surface area contributed by atoms with Crippen LogP contribution < -0.4 is 10.6 Å². The first-order valence-electron chi connectivity index (χ1n) is 6.51. The van der Waals surface area contributed by atoms with Gasteiger partial charge in [-0.15, -0.1) is 0 Å². The highest BCUT2D eigenvalue weighted by molar-refractivity contribution is 5.66. The van der Waals surface area contributed by atoms with E-state index in [4.69, 9.17) is 5.73 Å². The number of rotatable bonds is 4. The summed E-state index contributed by atoms with van der Waals surface area (Å²) in [4.78, 5) is 2.14. The van der Waals surface area contributed by atoms with Crippen molar-refractivity contribution in [3.05, 3.63) is 59.9 Å². The summed E-state index contributed by atoms with van der Waals surface area (Å²) >= 11 is 0. The van der Waals surface area contributed by atoms with Gasteiger partial charge in [-0.25, -0.2) is 4.39 Å². The number of nitrogens with zero attached hydrogens (tertiary/aromatic N) is 1. The van der Waals surface area contributed by atoms with Gasteiger partial charge in [0.1, 0.15) is 5.82 Å². The Kier molecular flexibility index (Phi) is 4.17. The van der Waals surface area contributed by atoms with E-state index in [1.165, 1.54) is 12.1 Å². The van der Waals surface area contributed by atoms with Gasteiger partial charge in [0, 0.05) is 24.0 Å². The van der Waals surface area contributed by atoms with E-state index in [0.717, 1.165) is 23.5 Å². The highest BCUT2D eigenvalue weighted by Crippen LogP contribution is 2.31. The van der Waals surface area contributed by atoms with Gasteiger partial charge in [-0.1, -0.05) is 18.2 Å². The van der Waals surface area contributed by atoms with E-state index in [9.17, 15) is 4.39 Å². The van der Waals surface area contributed by atoms with Gasteiger partial charge in [0.2, 0.25) is 0 Å². The Morgan fingerprint density at radius 2 is 1.74 bits per heavy atom. The predicted octanol–water partition coefficient (Wildman–Crippen LogP) is 4.00. The lowest BCUT2D eigenvalue weighted by atomic mass is 10.1. The fourth-order valence-corrected chi connectivity index (χ4v) is 2.23. The molecule has 0 saturated heterocycles. The van der Waals surface area contributed by atoms with Gasteiger partial charge >= 0.3 is 0 Å². The van der Waals surface area contributed by atoms with Gasteiger partial charge in [0.05, 0.1) is 0 Å². The molecular formula is C16H19FN2. The van der Waals surface area contributed by atoms with E-state index in [0.29, 0.717) is 0 Å². The molecule has 0 aliphatic rings. The largest absolute Gasteiger partial charge is 0.341 e. The molecule has 100 valence electrons. The van der Waals surface area contributed by atoms with E-state index < -0.39 is 0 Å². The Labute approximate surface area is 113 Å². The molecule has 0 saturated carbocycles. The lowest BCUT2D eigenvalue weighted by molar-refractivity contribution is 0.628. The van der Waals surface area contributed by atoms with Gasteiger partial charge in [-0.2, -0.15) is 0 Å². The first-order valence-corrected chi connectivity index (χ1v) is 6.51. The summed E-state index contributed by atoms with van der Waals surface area (Å²) in [5, 5.41) is 0. The van der Waals surface area contributed by atoms with E-state index in [1.807, 2.05) is 31.2 Å². The molecule has 2 rings (SSSR count). The van der Waals surface area contributed by atoms with E-state index in [2.05, 4.69) is 11.8 Å². The average molecular weight is 258 g/mol. The van der Waals surface area contributed by atoms with Crippen LogP contribution in [0.1, 0.15) is 25.5 Å². The maximum atomic E-state index is 13.0. The summed E-state index contributed by atoms with van der Waals surface area (Å²) in [6.45, 7) is 4.84. The molecule has 0 heterocycles. The molecular weight excluding hydrogens is 239 g/mol. The lowest BCUT2D eigenvalue weighted by Gasteiger charge is -2.27. The van der Waals surface area contributed by atoms with Gasteiger partial charge in [0.25, 0.3) is 0 Å². The third-order valence-corrected chi connectivity index (χ3v) is 3.17. The quantitative estimate of drug-likeness (QED) is 0.898. The minimum absolute atomic E-state index is 0.0364. The molecule has 2 N–H and O–H groups in total. The van der Waals surface area contributed by atoms with Crippen molar-refractivity contribution in [1.82, 2.24) is 0 Å². The third-order valence-electron chi connectivity index (χ3n) is 3.17. The predicted molar refractivity (Wildman–Crippen MR) is 78.1 cm³/mol. The van der Waals surface area contributed by atoms with Crippen LogP contribution in [-0.4, -0.2) is 6.54 Å². The Balaban J connectivity index is 2.45. The number of nitrogens with two attached hydrogens (primary N) is 1. The number of halogens is 1. The first-order chi connectivity index (χ1) is 9.13. The summed E-state index contributed by atoms with van der Waals surface area (Å²) in [6, 6.07) is 14.6. The highest BCUT2D eigenvalue weighted by atomic mass is 19.1. The average Bonchev–Trinajstić information content (AvgIpc) is 2.42. The number of hydrogen-bond acceptors (Lipinski definition) is 2. The molecule has 0 radical (unpaired) electrons. The van der Waals surface area contributed by atoms with Crippen LogP contribution >= 0.6 is 0 Å². The molecule has 2 nitrogen and oxygen atoms in total. The maximum absolute atomic E-state index is 13.0. The van der Waals surface area contributed by atoms with Crippen LogP contribution in [0.5, 0.6) is 0 Å². The molecule has 2 aromatic carbocycles. The monoisotopic (exact) mass is 258 g/mol. The number of benzene rings is 2. The first kappa shape index (κ1) is 13.6. The molecule has 0 aliphatic heterocycles. The van der Waals surface area contributed by atoms with Crippen molar-refractivity contribution in [3.8, 4) is 0 Å². The number of anilines is 2. The molecule has 0 fully saturated rings. The third kappa shape index (κ3) is 2.93. The fourth-order valence-electron chi connectivity index (χ4n) is 2.23. The SMILES string of the molecule is CCN(c1ccc(F)cc1)c1ccccc1C(C)N. The standard InChI is InChI=1S/C16H19FN2/c1-3-19(14-10-8-13(17)9-11-14)16-7-5-4-6-15(16)12(2)18/h4-12H,3,18H2,1-2H3. The van der Waals surface area contributed by atoms with Gasteiger partial charge in [0.15, 0.2) is 0 Å². The number of hydrogen-bond donors (Lipinski definition) is 1. The molecule has 0 aromatic heterocycles. The normalized spacial score (nSPS) is 12.2. The second-order valence-electron chi connectivity index (χ2n) is 4.57.